The third kappa shape index (κ3) is 7.92. The second-order valence-electron chi connectivity index (χ2n) is 11.6. The molecule has 0 aliphatic carbocycles. The molecule has 1 aromatic heterocycles. The topological polar surface area (TPSA) is 139 Å². The SMILES string of the molecule is CC(C)(C)OC(=O)NC(=NC(=O)O)N1CCCC1c1nc(-c2ccc3cc(OCCc4ccccc4C(F)(F)F)ccc3c2)no1. The van der Waals surface area contributed by atoms with Crippen LogP contribution in [0.25, 0.3) is 22.2 Å². The van der Waals surface area contributed by atoms with Crippen molar-refractivity contribution in [1.82, 2.24) is 20.4 Å². The second-order valence-corrected chi connectivity index (χ2v) is 11.6. The number of amides is 2. The Morgan fingerprint density at radius 1 is 1.09 bits per heavy atom. The molecule has 0 radical (unpaired) electrons. The van der Waals surface area contributed by atoms with Gasteiger partial charge in [-0.05, 0) is 74.2 Å². The summed E-state index contributed by atoms with van der Waals surface area (Å²) < 4.78 is 56.5. The first-order chi connectivity index (χ1) is 21.8. The molecule has 1 fully saturated rings. The van der Waals surface area contributed by atoms with Gasteiger partial charge in [0.25, 0.3) is 0 Å². The first-order valence-electron chi connectivity index (χ1n) is 14.5. The van der Waals surface area contributed by atoms with Crippen LogP contribution in [0, 0.1) is 0 Å². The maximum absolute atomic E-state index is 13.3. The Labute approximate surface area is 262 Å². The molecule has 1 atom stereocenters. The largest absolute Gasteiger partial charge is 0.493 e. The highest BCUT2D eigenvalue weighted by Gasteiger charge is 2.35. The van der Waals surface area contributed by atoms with Crippen molar-refractivity contribution in [3.8, 4) is 17.1 Å². The van der Waals surface area contributed by atoms with Gasteiger partial charge in [-0.1, -0.05) is 41.6 Å². The number of alkyl halides is 3. The summed E-state index contributed by atoms with van der Waals surface area (Å²) in [6.07, 6.45) is -5.44. The highest BCUT2D eigenvalue weighted by atomic mass is 19.4. The fourth-order valence-electron chi connectivity index (χ4n) is 5.16. The fourth-order valence-corrected chi connectivity index (χ4v) is 5.16. The van der Waals surface area contributed by atoms with E-state index in [2.05, 4.69) is 20.4 Å². The number of carbonyl (C=O) groups excluding carboxylic acids is 1. The van der Waals surface area contributed by atoms with Crippen LogP contribution < -0.4 is 10.1 Å². The lowest BCUT2D eigenvalue weighted by molar-refractivity contribution is -0.138. The molecule has 4 aromatic rings. The molecule has 1 aliphatic heterocycles. The minimum Gasteiger partial charge on any atom is -0.493 e. The number of hydrogen-bond donors (Lipinski definition) is 2. The number of rotatable bonds is 6. The number of carboxylic acid groups (broad SMARTS) is 1. The van der Waals surface area contributed by atoms with E-state index in [9.17, 15) is 27.9 Å². The Bertz CT molecular complexity index is 1760. The van der Waals surface area contributed by atoms with Crippen molar-refractivity contribution < 1.29 is 41.9 Å². The molecule has 242 valence electrons. The first kappa shape index (κ1) is 32.3. The molecule has 1 aliphatic rings. The summed E-state index contributed by atoms with van der Waals surface area (Å²) >= 11 is 0. The second kappa shape index (κ2) is 13.1. The molecule has 1 saturated heterocycles. The Morgan fingerprint density at radius 2 is 1.83 bits per heavy atom. The number of aliphatic imine (C=N–C) groups is 1. The number of benzene rings is 3. The summed E-state index contributed by atoms with van der Waals surface area (Å²) in [5, 5.41) is 17.6. The lowest BCUT2D eigenvalue weighted by Crippen LogP contribution is -2.46. The van der Waals surface area contributed by atoms with Crippen molar-refractivity contribution >= 4 is 28.9 Å². The van der Waals surface area contributed by atoms with E-state index in [0.29, 0.717) is 36.5 Å². The van der Waals surface area contributed by atoms with Gasteiger partial charge in [0.2, 0.25) is 17.7 Å². The van der Waals surface area contributed by atoms with E-state index in [0.717, 1.165) is 16.8 Å². The van der Waals surface area contributed by atoms with Crippen LogP contribution >= 0.6 is 0 Å². The molecule has 2 N–H and O–H groups in total. The number of guanidine groups is 1. The molecule has 46 heavy (non-hydrogen) atoms. The maximum Gasteiger partial charge on any atom is 0.434 e. The van der Waals surface area contributed by atoms with Crippen LogP contribution in [0.5, 0.6) is 5.75 Å². The van der Waals surface area contributed by atoms with E-state index in [1.807, 2.05) is 18.2 Å². The average Bonchev–Trinajstić information content (AvgIpc) is 3.65. The number of nitrogens with zero attached hydrogens (tertiary/aromatic N) is 4. The summed E-state index contributed by atoms with van der Waals surface area (Å²) in [5.41, 5.74) is -0.632. The zero-order valence-electron chi connectivity index (χ0n) is 25.3. The van der Waals surface area contributed by atoms with E-state index < -0.39 is 35.6 Å². The fraction of sp³-hybridized carbons (Fsp3) is 0.344. The Balaban J connectivity index is 1.28. The summed E-state index contributed by atoms with van der Waals surface area (Å²) in [4.78, 5) is 33.5. The predicted molar refractivity (Wildman–Crippen MR) is 161 cm³/mol. The van der Waals surface area contributed by atoms with Crippen LogP contribution in [0.1, 0.15) is 56.7 Å². The van der Waals surface area contributed by atoms with Crippen LogP contribution in [0.2, 0.25) is 0 Å². The van der Waals surface area contributed by atoms with Crippen LogP contribution in [-0.2, 0) is 17.3 Å². The van der Waals surface area contributed by atoms with Crippen LogP contribution in [0.3, 0.4) is 0 Å². The van der Waals surface area contributed by atoms with Crippen molar-refractivity contribution in [2.45, 2.75) is 57.9 Å². The zero-order chi connectivity index (χ0) is 33.1. The summed E-state index contributed by atoms with van der Waals surface area (Å²) in [7, 11) is 0. The predicted octanol–water partition coefficient (Wildman–Crippen LogP) is 7.23. The number of likely N-dealkylation sites (tertiary alicyclic amines) is 1. The van der Waals surface area contributed by atoms with Crippen LogP contribution in [0.15, 0.2) is 70.2 Å². The highest BCUT2D eigenvalue weighted by Crippen LogP contribution is 2.34. The van der Waals surface area contributed by atoms with Crippen molar-refractivity contribution in [3.63, 3.8) is 0 Å². The van der Waals surface area contributed by atoms with E-state index in [4.69, 9.17) is 14.0 Å². The smallest absolute Gasteiger partial charge is 0.434 e. The third-order valence-electron chi connectivity index (χ3n) is 7.10. The zero-order valence-corrected chi connectivity index (χ0v) is 25.3. The van der Waals surface area contributed by atoms with Crippen LogP contribution in [-0.4, -0.2) is 57.0 Å². The normalized spacial score (nSPS) is 15.7. The molecule has 14 heteroatoms. The number of fused-ring (bicyclic) bond motifs is 1. The number of carbonyl (C=O) groups is 2. The lowest BCUT2D eigenvalue weighted by Gasteiger charge is -2.26. The van der Waals surface area contributed by atoms with Crippen molar-refractivity contribution in [2.75, 3.05) is 13.2 Å². The number of alkyl carbamates (subject to hydrolysis) is 1. The van der Waals surface area contributed by atoms with E-state index in [1.165, 1.54) is 12.1 Å². The minimum absolute atomic E-state index is 0.0761. The van der Waals surface area contributed by atoms with Crippen molar-refractivity contribution in [3.05, 3.63) is 77.7 Å². The van der Waals surface area contributed by atoms with E-state index in [1.54, 1.807) is 49.9 Å². The molecule has 3 aromatic carbocycles. The van der Waals surface area contributed by atoms with E-state index in [-0.39, 0.29) is 30.4 Å². The maximum atomic E-state index is 13.3. The molecule has 1 unspecified atom stereocenters. The molecule has 5 rings (SSSR count). The van der Waals surface area contributed by atoms with Crippen LogP contribution in [0.4, 0.5) is 22.8 Å². The Morgan fingerprint density at radius 3 is 2.57 bits per heavy atom. The van der Waals surface area contributed by atoms with Gasteiger partial charge in [0, 0.05) is 18.5 Å². The van der Waals surface area contributed by atoms with Gasteiger partial charge >= 0.3 is 18.4 Å². The molecule has 0 bridgehead atoms. The summed E-state index contributed by atoms with van der Waals surface area (Å²) in [5.74, 6) is 0.862. The molecule has 2 heterocycles. The quantitative estimate of drug-likeness (QED) is 0.165. The summed E-state index contributed by atoms with van der Waals surface area (Å²) in [6.45, 7) is 5.52. The number of hydrogen-bond acceptors (Lipinski definition) is 7. The van der Waals surface area contributed by atoms with Crippen molar-refractivity contribution in [2.24, 2.45) is 4.99 Å². The first-order valence-corrected chi connectivity index (χ1v) is 14.5. The summed E-state index contributed by atoms with van der Waals surface area (Å²) in [6, 6.07) is 15.8. The van der Waals surface area contributed by atoms with Crippen molar-refractivity contribution in [1.29, 1.82) is 0 Å². The average molecular weight is 640 g/mol. The van der Waals surface area contributed by atoms with Gasteiger partial charge in [-0.15, -0.1) is 4.99 Å². The monoisotopic (exact) mass is 639 g/mol. The molecule has 2 amide bonds. The molecular weight excluding hydrogens is 607 g/mol. The number of halogens is 3. The van der Waals surface area contributed by atoms with Gasteiger partial charge in [0.05, 0.1) is 12.2 Å². The Hall–Kier alpha value is -5.14. The minimum atomic E-state index is -4.43. The van der Waals surface area contributed by atoms with Gasteiger partial charge in [0.15, 0.2) is 0 Å². The van der Waals surface area contributed by atoms with Gasteiger partial charge in [-0.25, -0.2) is 9.59 Å². The standard InChI is InChI=1S/C32H32F3N5O6/c1-31(2,3)45-30(43)38-28(37-29(41)42)40-15-6-9-25(40)27-36-26(39-46-27)22-11-10-21-18-23(13-12-20(21)17-22)44-16-14-19-7-4-5-8-24(19)32(33,34)35/h4-5,7-8,10-13,17-18,25H,6,9,14-16H2,1-3H3,(H,41,42)(H,37,38,43). The molecule has 0 spiro atoms. The lowest BCUT2D eigenvalue weighted by atomic mass is 10.0. The Kier molecular flexibility index (Phi) is 9.17. The molecule has 0 saturated carbocycles. The van der Waals surface area contributed by atoms with E-state index >= 15 is 0 Å². The number of ether oxygens (including phenoxy) is 2. The number of aromatic nitrogens is 2. The van der Waals surface area contributed by atoms with Gasteiger partial charge in [-0.2, -0.15) is 18.2 Å². The number of nitrogens with one attached hydrogen (secondary N) is 1. The van der Waals surface area contributed by atoms with Gasteiger partial charge < -0.3 is 24.0 Å². The molecular formula is C32H32F3N5O6. The highest BCUT2D eigenvalue weighted by molar-refractivity contribution is 5.98. The van der Waals surface area contributed by atoms with Gasteiger partial charge in [0.1, 0.15) is 17.4 Å². The molecule has 11 nitrogen and oxygen atoms in total. The third-order valence-corrected chi connectivity index (χ3v) is 7.10. The van der Waals surface area contributed by atoms with Gasteiger partial charge in [-0.3, -0.25) is 5.32 Å².